The average Bonchev–Trinajstić information content (AvgIpc) is 2.82. The number of carbonyl (C=O) groups is 1. The number of hydrogen-bond donors (Lipinski definition) is 1. The van der Waals surface area contributed by atoms with Gasteiger partial charge in [0.05, 0.1) is 31.3 Å². The Morgan fingerprint density at radius 1 is 1.19 bits per heavy atom. The standard InChI is InChI=1S/C24H32N2O5S/c1-4-22(21-8-6-5-7-18(21)2)25-24(27)12-9-19-17-20(10-11-23(19)30-3)32(28,29)26-13-15-31-16-14-26/h5-8,10-11,17,22H,4,9,12-16H2,1-3H3,(H,25,27)/t22-/m1/s1. The normalized spacial score (nSPS) is 15.8. The molecule has 0 spiro atoms. The second kappa shape index (κ2) is 10.9. The van der Waals surface area contributed by atoms with Gasteiger partial charge in [-0.3, -0.25) is 4.79 Å². The molecule has 2 aromatic rings. The summed E-state index contributed by atoms with van der Waals surface area (Å²) < 4.78 is 38.1. The number of morpholine rings is 1. The van der Waals surface area contributed by atoms with E-state index in [-0.39, 0.29) is 23.3 Å². The molecule has 1 heterocycles. The van der Waals surface area contributed by atoms with E-state index in [1.165, 1.54) is 4.31 Å². The Balaban J connectivity index is 1.71. The highest BCUT2D eigenvalue weighted by Crippen LogP contribution is 2.26. The van der Waals surface area contributed by atoms with Gasteiger partial charge < -0.3 is 14.8 Å². The summed E-state index contributed by atoms with van der Waals surface area (Å²) >= 11 is 0. The molecule has 1 aliphatic rings. The molecule has 1 atom stereocenters. The smallest absolute Gasteiger partial charge is 0.243 e. The second-order valence-electron chi connectivity index (χ2n) is 7.88. The van der Waals surface area contributed by atoms with Crippen LogP contribution in [0.1, 0.15) is 42.5 Å². The van der Waals surface area contributed by atoms with E-state index in [2.05, 4.69) is 5.32 Å². The van der Waals surface area contributed by atoms with E-state index < -0.39 is 10.0 Å². The van der Waals surface area contributed by atoms with Gasteiger partial charge in [0.25, 0.3) is 0 Å². The van der Waals surface area contributed by atoms with Crippen LogP contribution in [0, 0.1) is 6.92 Å². The lowest BCUT2D eigenvalue weighted by atomic mass is 9.99. The van der Waals surface area contributed by atoms with Crippen molar-refractivity contribution in [3.05, 3.63) is 59.2 Å². The number of nitrogens with one attached hydrogen (secondary N) is 1. The van der Waals surface area contributed by atoms with Gasteiger partial charge in [-0.05, 0) is 54.7 Å². The molecule has 0 aromatic heterocycles. The van der Waals surface area contributed by atoms with Crippen molar-refractivity contribution in [2.24, 2.45) is 0 Å². The van der Waals surface area contributed by atoms with Gasteiger partial charge in [-0.25, -0.2) is 8.42 Å². The summed E-state index contributed by atoms with van der Waals surface area (Å²) in [5, 5.41) is 3.11. The molecule has 2 aromatic carbocycles. The number of nitrogens with zero attached hydrogens (tertiary/aromatic N) is 1. The minimum atomic E-state index is -3.61. The largest absolute Gasteiger partial charge is 0.496 e. The molecule has 7 nitrogen and oxygen atoms in total. The highest BCUT2D eigenvalue weighted by molar-refractivity contribution is 7.89. The number of benzene rings is 2. The van der Waals surface area contributed by atoms with Crippen LogP contribution in [-0.4, -0.2) is 52.0 Å². The first-order valence-corrected chi connectivity index (χ1v) is 12.4. The van der Waals surface area contributed by atoms with Crippen LogP contribution in [0.15, 0.2) is 47.4 Å². The van der Waals surface area contributed by atoms with Crippen molar-refractivity contribution in [3.8, 4) is 5.75 Å². The molecule has 0 saturated carbocycles. The molecule has 1 N–H and O–H groups in total. The lowest BCUT2D eigenvalue weighted by Crippen LogP contribution is -2.40. The Bertz CT molecular complexity index is 1030. The van der Waals surface area contributed by atoms with E-state index in [0.717, 1.165) is 17.5 Å². The number of rotatable bonds is 9. The van der Waals surface area contributed by atoms with Gasteiger partial charge in [0, 0.05) is 19.5 Å². The average molecular weight is 461 g/mol. The van der Waals surface area contributed by atoms with Crippen molar-refractivity contribution in [1.82, 2.24) is 9.62 Å². The zero-order valence-corrected chi connectivity index (χ0v) is 19.8. The quantitative estimate of drug-likeness (QED) is 0.621. The van der Waals surface area contributed by atoms with Crippen LogP contribution in [0.5, 0.6) is 5.75 Å². The van der Waals surface area contributed by atoms with Gasteiger partial charge in [-0.15, -0.1) is 0 Å². The molecule has 8 heteroatoms. The fourth-order valence-electron chi connectivity index (χ4n) is 3.94. The Labute approximate surface area is 190 Å². The minimum Gasteiger partial charge on any atom is -0.496 e. The van der Waals surface area contributed by atoms with Crippen LogP contribution < -0.4 is 10.1 Å². The summed E-state index contributed by atoms with van der Waals surface area (Å²) in [4.78, 5) is 12.9. The van der Waals surface area contributed by atoms with E-state index in [0.29, 0.717) is 44.0 Å². The van der Waals surface area contributed by atoms with Crippen molar-refractivity contribution in [2.75, 3.05) is 33.4 Å². The van der Waals surface area contributed by atoms with Crippen LogP contribution in [0.2, 0.25) is 0 Å². The highest BCUT2D eigenvalue weighted by Gasteiger charge is 2.27. The summed E-state index contributed by atoms with van der Waals surface area (Å²) in [5.74, 6) is 0.494. The Morgan fingerprint density at radius 2 is 1.91 bits per heavy atom. The summed E-state index contributed by atoms with van der Waals surface area (Å²) in [6.45, 7) is 5.53. The predicted octanol–water partition coefficient (Wildman–Crippen LogP) is 3.22. The van der Waals surface area contributed by atoms with E-state index in [9.17, 15) is 13.2 Å². The maximum Gasteiger partial charge on any atom is 0.243 e. The molecule has 3 rings (SSSR count). The van der Waals surface area contributed by atoms with Gasteiger partial charge in [-0.2, -0.15) is 4.31 Å². The number of aryl methyl sites for hydroxylation is 2. The van der Waals surface area contributed by atoms with Gasteiger partial charge in [0.2, 0.25) is 15.9 Å². The monoisotopic (exact) mass is 460 g/mol. The minimum absolute atomic E-state index is 0.0568. The number of methoxy groups -OCH3 is 1. The molecular formula is C24H32N2O5S. The molecule has 1 fully saturated rings. The molecule has 0 unspecified atom stereocenters. The van der Waals surface area contributed by atoms with Crippen molar-refractivity contribution in [1.29, 1.82) is 0 Å². The molecule has 0 radical (unpaired) electrons. The molecule has 1 saturated heterocycles. The van der Waals surface area contributed by atoms with Gasteiger partial charge in [0.1, 0.15) is 5.75 Å². The number of hydrogen-bond acceptors (Lipinski definition) is 5. The van der Waals surface area contributed by atoms with Crippen LogP contribution in [-0.2, 0) is 26.0 Å². The molecule has 174 valence electrons. The van der Waals surface area contributed by atoms with Crippen LogP contribution in [0.3, 0.4) is 0 Å². The molecule has 32 heavy (non-hydrogen) atoms. The molecule has 1 amide bonds. The Kier molecular flexibility index (Phi) is 8.28. The van der Waals surface area contributed by atoms with Crippen molar-refractivity contribution < 1.29 is 22.7 Å². The van der Waals surface area contributed by atoms with Gasteiger partial charge in [-0.1, -0.05) is 31.2 Å². The third-order valence-electron chi connectivity index (χ3n) is 5.79. The fraction of sp³-hybridized carbons (Fsp3) is 0.458. The van der Waals surface area contributed by atoms with Crippen LogP contribution in [0.4, 0.5) is 0 Å². The summed E-state index contributed by atoms with van der Waals surface area (Å²) in [6, 6.07) is 12.8. The van der Waals surface area contributed by atoms with Gasteiger partial charge >= 0.3 is 0 Å². The van der Waals surface area contributed by atoms with E-state index >= 15 is 0 Å². The second-order valence-corrected chi connectivity index (χ2v) is 9.81. The van der Waals surface area contributed by atoms with E-state index in [4.69, 9.17) is 9.47 Å². The summed E-state index contributed by atoms with van der Waals surface area (Å²) in [5.41, 5.74) is 2.95. The zero-order valence-electron chi connectivity index (χ0n) is 19.0. The Morgan fingerprint density at radius 3 is 2.56 bits per heavy atom. The van der Waals surface area contributed by atoms with Crippen molar-refractivity contribution in [2.45, 2.75) is 44.0 Å². The van der Waals surface area contributed by atoms with E-state index in [1.54, 1.807) is 25.3 Å². The third kappa shape index (κ3) is 5.68. The first kappa shape index (κ1) is 24.2. The highest BCUT2D eigenvalue weighted by atomic mass is 32.2. The third-order valence-corrected chi connectivity index (χ3v) is 7.68. The topological polar surface area (TPSA) is 84.9 Å². The maximum atomic E-state index is 13.0. The zero-order chi connectivity index (χ0) is 23.1. The summed E-state index contributed by atoms with van der Waals surface area (Å²) in [7, 11) is -2.07. The molecule has 0 bridgehead atoms. The van der Waals surface area contributed by atoms with Crippen LogP contribution >= 0.6 is 0 Å². The molecule has 1 aliphatic heterocycles. The SMILES string of the molecule is CC[C@@H](NC(=O)CCc1cc(S(=O)(=O)N2CCOCC2)ccc1OC)c1ccccc1C. The number of ether oxygens (including phenoxy) is 2. The first-order valence-electron chi connectivity index (χ1n) is 11.0. The first-order chi connectivity index (χ1) is 15.4. The number of carbonyl (C=O) groups excluding carboxylic acids is 1. The maximum absolute atomic E-state index is 13.0. The number of amides is 1. The number of sulfonamides is 1. The Hall–Kier alpha value is -2.42. The molecular weight excluding hydrogens is 428 g/mol. The van der Waals surface area contributed by atoms with Crippen LogP contribution in [0.25, 0.3) is 0 Å². The lowest BCUT2D eigenvalue weighted by molar-refractivity contribution is -0.121. The molecule has 0 aliphatic carbocycles. The lowest BCUT2D eigenvalue weighted by Gasteiger charge is -2.26. The fourth-order valence-corrected chi connectivity index (χ4v) is 5.40. The van der Waals surface area contributed by atoms with Crippen molar-refractivity contribution in [3.63, 3.8) is 0 Å². The van der Waals surface area contributed by atoms with Gasteiger partial charge in [0.15, 0.2) is 0 Å². The predicted molar refractivity (Wildman–Crippen MR) is 123 cm³/mol. The van der Waals surface area contributed by atoms with Crippen molar-refractivity contribution >= 4 is 15.9 Å². The van der Waals surface area contributed by atoms with E-state index in [1.807, 2.05) is 38.1 Å². The summed E-state index contributed by atoms with van der Waals surface area (Å²) in [6.07, 6.45) is 1.40.